The van der Waals surface area contributed by atoms with Gasteiger partial charge < -0.3 is 45.2 Å². The average Bonchev–Trinajstić information content (AvgIpc) is 3.56. The van der Waals surface area contributed by atoms with Gasteiger partial charge in [-0.2, -0.15) is 4.73 Å². The van der Waals surface area contributed by atoms with Crippen molar-refractivity contribution in [1.82, 2.24) is 31.3 Å². The molecule has 1 aliphatic carbocycles. The van der Waals surface area contributed by atoms with Gasteiger partial charge in [0.1, 0.15) is 29.9 Å². The Balaban J connectivity index is 1.42. The molecule has 2 aliphatic heterocycles. The van der Waals surface area contributed by atoms with E-state index in [0.717, 1.165) is 37.4 Å². The molecule has 20 heteroatoms. The van der Waals surface area contributed by atoms with Crippen LogP contribution in [0.3, 0.4) is 0 Å². The third-order valence-electron chi connectivity index (χ3n) is 8.81. The predicted octanol–water partition coefficient (Wildman–Crippen LogP) is 2.67. The van der Waals surface area contributed by atoms with E-state index in [1.54, 1.807) is 41.5 Å². The van der Waals surface area contributed by atoms with E-state index < -0.39 is 64.8 Å². The molecule has 58 heavy (non-hydrogen) atoms. The molecule has 3 heterocycles. The number of oxime groups is 1. The van der Waals surface area contributed by atoms with E-state index in [4.69, 9.17) is 23.9 Å². The van der Waals surface area contributed by atoms with Gasteiger partial charge in [0, 0.05) is 31.2 Å². The monoisotopic (exact) mass is 834 g/mol. The van der Waals surface area contributed by atoms with Gasteiger partial charge in [-0.15, -0.1) is 0 Å². The number of aliphatic imine (C=N–C) groups is 1. The Morgan fingerprint density at radius 1 is 1.00 bits per heavy atom. The summed E-state index contributed by atoms with van der Waals surface area (Å²) in [6, 6.07) is -1.97. The second-order valence-corrected chi connectivity index (χ2v) is 17.2. The van der Waals surface area contributed by atoms with Crippen LogP contribution in [-0.2, 0) is 35.2 Å². The number of aromatic nitrogens is 1. The van der Waals surface area contributed by atoms with Crippen molar-refractivity contribution in [3.8, 4) is 5.75 Å². The van der Waals surface area contributed by atoms with E-state index in [2.05, 4.69) is 36.7 Å². The molecule has 2 fully saturated rings. The number of carbonyl (C=O) groups excluding carboxylic acids is 5. The zero-order valence-electron chi connectivity index (χ0n) is 34.6. The lowest BCUT2D eigenvalue weighted by Crippen LogP contribution is -2.72. The Morgan fingerprint density at radius 2 is 1.69 bits per heavy atom. The standard InChI is InChI=1S/C38H58N8O11S/c1-9-11-16-53-27-21-46(54-17-12-10-2)23(18-26(27)47)19-39-33(51)40-20-24-28(30(48)41-24)43-31(49)29(25-22-58-34(42-25)44-35(52)56-37(6,7)8)45-57-38(14-13-15-38)32(50)55-36(3,4)5/h18,21,24-25,28H,9-17,19-20,22H2,1-8H3,(H,41,48)(H,43,49)(H2,39,40,51)(H,42,44,52)/b45-29-/t24-,25?,28+/m1/s1. The van der Waals surface area contributed by atoms with Crippen LogP contribution in [0.1, 0.15) is 106 Å². The lowest BCUT2D eigenvalue weighted by molar-refractivity contribution is -0.196. The number of urea groups is 1. The van der Waals surface area contributed by atoms with Crippen molar-refractivity contribution in [1.29, 1.82) is 0 Å². The summed E-state index contributed by atoms with van der Waals surface area (Å²) in [6.07, 6.45) is 5.42. The quantitative estimate of drug-likeness (QED) is 0.0472. The van der Waals surface area contributed by atoms with Crippen molar-refractivity contribution in [3.63, 3.8) is 0 Å². The first-order chi connectivity index (χ1) is 27.3. The number of unbranched alkanes of at least 4 members (excludes halogenated alkanes) is 2. The first-order valence-electron chi connectivity index (χ1n) is 19.7. The van der Waals surface area contributed by atoms with Crippen LogP contribution in [0.25, 0.3) is 0 Å². The van der Waals surface area contributed by atoms with E-state index in [1.165, 1.54) is 17.0 Å². The molecule has 0 spiro atoms. The minimum Gasteiger partial charge on any atom is -0.488 e. The molecule has 0 bridgehead atoms. The molecule has 1 saturated heterocycles. The van der Waals surface area contributed by atoms with Crippen LogP contribution < -0.4 is 41.6 Å². The molecule has 1 aromatic rings. The van der Waals surface area contributed by atoms with Gasteiger partial charge in [-0.25, -0.2) is 14.4 Å². The van der Waals surface area contributed by atoms with Gasteiger partial charge in [-0.3, -0.25) is 24.7 Å². The topological polar surface area (TPSA) is 238 Å². The maximum absolute atomic E-state index is 13.9. The number of hydrogen-bond donors (Lipinski definition) is 5. The lowest BCUT2D eigenvalue weighted by Gasteiger charge is -2.39. The fraction of sp³-hybridized carbons (Fsp3) is 0.684. The number of nitrogens with one attached hydrogen (secondary N) is 5. The zero-order valence-corrected chi connectivity index (χ0v) is 35.4. The Labute approximate surface area is 342 Å². The van der Waals surface area contributed by atoms with Gasteiger partial charge in [0.15, 0.2) is 16.6 Å². The number of esters is 1. The molecule has 3 atom stereocenters. The summed E-state index contributed by atoms with van der Waals surface area (Å²) in [5.41, 5.74) is -3.15. The molecule has 0 aromatic carbocycles. The Kier molecular flexibility index (Phi) is 15.8. The van der Waals surface area contributed by atoms with Crippen molar-refractivity contribution >= 4 is 52.5 Å². The summed E-state index contributed by atoms with van der Waals surface area (Å²) in [4.78, 5) is 93.8. The Morgan fingerprint density at radius 3 is 2.31 bits per heavy atom. The molecule has 19 nitrogen and oxygen atoms in total. The van der Waals surface area contributed by atoms with Crippen molar-refractivity contribution in [2.75, 3.05) is 25.5 Å². The molecule has 5 amide bonds. The maximum atomic E-state index is 13.9. The fourth-order valence-electron chi connectivity index (χ4n) is 5.52. The zero-order chi connectivity index (χ0) is 42.7. The van der Waals surface area contributed by atoms with Crippen molar-refractivity contribution in [2.45, 2.75) is 142 Å². The second-order valence-electron chi connectivity index (χ2n) is 16.1. The van der Waals surface area contributed by atoms with Crippen LogP contribution in [-0.4, -0.2) is 106 Å². The first-order valence-corrected chi connectivity index (χ1v) is 20.7. The molecule has 3 aliphatic rings. The number of amides is 5. The van der Waals surface area contributed by atoms with Gasteiger partial charge in [0.2, 0.25) is 16.9 Å². The average molecular weight is 835 g/mol. The number of rotatable bonds is 18. The molecule has 322 valence electrons. The minimum absolute atomic E-state index is 0.0606. The number of pyridine rings is 1. The predicted molar refractivity (Wildman–Crippen MR) is 216 cm³/mol. The third kappa shape index (κ3) is 13.3. The third-order valence-corrected chi connectivity index (χ3v) is 9.77. The second kappa shape index (κ2) is 20.1. The van der Waals surface area contributed by atoms with Crippen LogP contribution in [0.5, 0.6) is 5.75 Å². The fourth-order valence-corrected chi connectivity index (χ4v) is 6.43. The van der Waals surface area contributed by atoms with Gasteiger partial charge in [-0.1, -0.05) is 43.6 Å². The normalized spacial score (nSPS) is 19.9. The molecule has 4 rings (SSSR count). The first kappa shape index (κ1) is 45.7. The van der Waals surface area contributed by atoms with Crippen LogP contribution in [0.15, 0.2) is 27.2 Å². The number of carbonyl (C=O) groups is 5. The number of hydrogen-bond acceptors (Lipinski definition) is 14. The number of nitrogens with zero attached hydrogens (tertiary/aromatic N) is 3. The van der Waals surface area contributed by atoms with Crippen LogP contribution >= 0.6 is 11.8 Å². The summed E-state index contributed by atoms with van der Waals surface area (Å²) in [5.74, 6) is -1.60. The Bertz CT molecular complexity index is 1780. The van der Waals surface area contributed by atoms with E-state index >= 15 is 0 Å². The molecule has 0 radical (unpaired) electrons. The highest BCUT2D eigenvalue weighted by Crippen LogP contribution is 2.38. The highest BCUT2D eigenvalue weighted by atomic mass is 32.2. The summed E-state index contributed by atoms with van der Waals surface area (Å²) >= 11 is 1.15. The van der Waals surface area contributed by atoms with E-state index in [-0.39, 0.29) is 40.9 Å². The summed E-state index contributed by atoms with van der Waals surface area (Å²) in [7, 11) is 0. The molecular formula is C38H58N8O11S. The smallest absolute Gasteiger partial charge is 0.413 e. The van der Waals surface area contributed by atoms with E-state index in [1.807, 2.05) is 13.8 Å². The van der Waals surface area contributed by atoms with Crippen LogP contribution in [0.4, 0.5) is 9.59 Å². The molecule has 5 N–H and O–H groups in total. The molecule has 1 unspecified atom stereocenters. The summed E-state index contributed by atoms with van der Waals surface area (Å²) in [6.45, 7) is 15.0. The van der Waals surface area contributed by atoms with Gasteiger partial charge in [0.25, 0.3) is 5.91 Å². The van der Waals surface area contributed by atoms with Crippen molar-refractivity contribution in [2.24, 2.45) is 10.1 Å². The molecular weight excluding hydrogens is 777 g/mol. The largest absolute Gasteiger partial charge is 0.488 e. The van der Waals surface area contributed by atoms with Crippen LogP contribution in [0.2, 0.25) is 0 Å². The number of alkyl carbamates (subject to hydrolysis) is 1. The Hall–Kier alpha value is -5.01. The minimum atomic E-state index is -1.40. The van der Waals surface area contributed by atoms with E-state index in [0.29, 0.717) is 38.2 Å². The molecule has 1 aromatic heterocycles. The SMILES string of the molecule is CCCCOc1cn(OCCCC)c(CNC(=O)NC[C@H]2NC(=O)[C@H]2NC(=O)/C(=N\OC2(C(=O)OC(C)(C)C)CCC2)C2CSC(NC(=O)OC(C)(C)C)=N2)cc1=O. The van der Waals surface area contributed by atoms with E-state index in [9.17, 15) is 28.8 Å². The highest BCUT2D eigenvalue weighted by molar-refractivity contribution is 8.14. The summed E-state index contributed by atoms with van der Waals surface area (Å²) in [5, 5.41) is 17.6. The summed E-state index contributed by atoms with van der Waals surface area (Å²) < 4.78 is 17.9. The number of β-lactam (4-membered cyclic amide) rings is 1. The van der Waals surface area contributed by atoms with Crippen molar-refractivity contribution in [3.05, 3.63) is 28.2 Å². The van der Waals surface area contributed by atoms with Gasteiger partial charge in [-0.05, 0) is 60.8 Å². The number of thioether (sulfide) groups is 1. The van der Waals surface area contributed by atoms with Crippen molar-refractivity contribution < 1.29 is 47.9 Å². The molecule has 1 saturated carbocycles. The van der Waals surface area contributed by atoms with Gasteiger partial charge in [0.05, 0.1) is 31.1 Å². The highest BCUT2D eigenvalue weighted by Gasteiger charge is 2.51. The number of ether oxygens (including phenoxy) is 3. The number of amidine groups is 1. The van der Waals surface area contributed by atoms with Gasteiger partial charge >= 0.3 is 18.1 Å². The maximum Gasteiger partial charge on any atom is 0.413 e. The van der Waals surface area contributed by atoms with Crippen LogP contribution in [0, 0.1) is 0 Å². The lowest BCUT2D eigenvalue weighted by atomic mass is 9.80.